The Morgan fingerprint density at radius 1 is 1.26 bits per heavy atom. The van der Waals surface area contributed by atoms with Gasteiger partial charge in [-0.1, -0.05) is 37.4 Å². The summed E-state index contributed by atoms with van der Waals surface area (Å²) in [5.74, 6) is 0. The fourth-order valence-electron chi connectivity index (χ4n) is 4.36. The van der Waals surface area contributed by atoms with Crippen molar-refractivity contribution in [2.24, 2.45) is 0 Å². The number of allylic oxidation sites excluding steroid dienone is 1. The maximum atomic E-state index is 4.26. The Kier molecular flexibility index (Phi) is 5.22. The molecule has 1 unspecified atom stereocenters. The van der Waals surface area contributed by atoms with Gasteiger partial charge in [0, 0.05) is 24.7 Å². The topological polar surface area (TPSA) is 7.68 Å². The zero-order valence-electron chi connectivity index (χ0n) is 14.6. The second-order valence-electron chi connectivity index (χ2n) is 7.30. The van der Waals surface area contributed by atoms with Crippen molar-refractivity contribution in [2.45, 2.75) is 50.6 Å². The van der Waals surface area contributed by atoms with Gasteiger partial charge in [-0.25, -0.2) is 0 Å². The van der Waals surface area contributed by atoms with Crippen LogP contribution in [-0.4, -0.2) is 37.1 Å². The molecule has 0 bridgehead atoms. The van der Waals surface area contributed by atoms with Crippen LogP contribution in [0.5, 0.6) is 0 Å². The third-order valence-corrected chi connectivity index (χ3v) is 5.86. The van der Waals surface area contributed by atoms with Gasteiger partial charge in [0.05, 0.1) is 19.6 Å². The van der Waals surface area contributed by atoms with Crippen LogP contribution in [0.25, 0.3) is 0 Å². The summed E-state index contributed by atoms with van der Waals surface area (Å²) in [5.41, 5.74) is 4.12. The highest BCUT2D eigenvalue weighted by atomic mass is 15.2. The van der Waals surface area contributed by atoms with Crippen LogP contribution >= 0.6 is 0 Å². The summed E-state index contributed by atoms with van der Waals surface area (Å²) in [4.78, 5) is 4.24. The lowest BCUT2D eigenvalue weighted by molar-refractivity contribution is -0.911. The highest BCUT2D eigenvalue weighted by Gasteiger charge is 2.29. The molecule has 3 rings (SSSR count). The van der Waals surface area contributed by atoms with Crippen LogP contribution in [0.15, 0.2) is 49.2 Å². The molecule has 0 aromatic heterocycles. The van der Waals surface area contributed by atoms with Crippen LogP contribution < -0.4 is 4.90 Å². The quantitative estimate of drug-likeness (QED) is 0.794. The Hall–Kier alpha value is -1.54. The van der Waals surface area contributed by atoms with E-state index in [0.29, 0.717) is 6.04 Å². The van der Waals surface area contributed by atoms with Crippen molar-refractivity contribution in [1.29, 1.82) is 0 Å². The molecule has 1 N–H and O–H groups in total. The van der Waals surface area contributed by atoms with Crippen molar-refractivity contribution in [3.8, 4) is 0 Å². The van der Waals surface area contributed by atoms with Gasteiger partial charge in [0.2, 0.25) is 0 Å². The molecule has 124 valence electrons. The minimum Gasteiger partial charge on any atom is -0.368 e. The molecular weight excluding hydrogens is 280 g/mol. The van der Waals surface area contributed by atoms with E-state index in [2.05, 4.69) is 49.4 Å². The molecule has 1 saturated heterocycles. The van der Waals surface area contributed by atoms with Gasteiger partial charge in [-0.05, 0) is 49.3 Å². The first-order valence-electron chi connectivity index (χ1n) is 9.16. The maximum absolute atomic E-state index is 4.26. The lowest BCUT2D eigenvalue weighted by Crippen LogP contribution is -3.13. The molecule has 0 spiro atoms. The minimum atomic E-state index is 0.557. The molecule has 0 saturated carbocycles. The molecule has 1 aliphatic carbocycles. The standard InChI is InChI=1S/C21H30N2/c1-4-17(2)23(14-12-20-11-7-8-13-22(20)3)21-15-18-9-5-6-10-19(18)16-21/h4-6,9-10,20-21H,1-2,7-8,11-16H2,3H3/p+1/t20-/m0/s1. The number of benzene rings is 1. The molecule has 23 heavy (non-hydrogen) atoms. The summed E-state index contributed by atoms with van der Waals surface area (Å²) in [7, 11) is 2.36. The van der Waals surface area contributed by atoms with Crippen molar-refractivity contribution in [1.82, 2.24) is 4.90 Å². The summed E-state index contributed by atoms with van der Waals surface area (Å²) < 4.78 is 0. The van der Waals surface area contributed by atoms with Crippen molar-refractivity contribution >= 4 is 0 Å². The minimum absolute atomic E-state index is 0.557. The molecule has 2 heteroatoms. The number of likely N-dealkylation sites (tertiary alicyclic amines) is 1. The van der Waals surface area contributed by atoms with E-state index in [1.807, 2.05) is 6.08 Å². The van der Waals surface area contributed by atoms with E-state index in [1.165, 1.54) is 43.4 Å². The highest BCUT2D eigenvalue weighted by Crippen LogP contribution is 2.27. The van der Waals surface area contributed by atoms with Gasteiger partial charge in [-0.3, -0.25) is 0 Å². The molecule has 1 aromatic rings. The number of nitrogens with zero attached hydrogens (tertiary/aromatic N) is 1. The Bertz CT molecular complexity index is 538. The molecule has 2 aliphatic rings. The van der Waals surface area contributed by atoms with Crippen molar-refractivity contribution < 1.29 is 4.90 Å². The first-order valence-corrected chi connectivity index (χ1v) is 9.16. The van der Waals surface area contributed by atoms with Crippen LogP contribution in [0.1, 0.15) is 36.8 Å². The molecule has 2 nitrogen and oxygen atoms in total. The van der Waals surface area contributed by atoms with Crippen LogP contribution in [0, 0.1) is 0 Å². The summed E-state index contributed by atoms with van der Waals surface area (Å²) in [6.45, 7) is 10.7. The molecule has 2 atom stereocenters. The number of nitrogens with one attached hydrogen (secondary N) is 1. The van der Waals surface area contributed by atoms with Gasteiger partial charge in [0.25, 0.3) is 0 Å². The summed E-state index contributed by atoms with van der Waals surface area (Å²) >= 11 is 0. The predicted molar refractivity (Wildman–Crippen MR) is 97.7 cm³/mol. The SMILES string of the molecule is C=CC(=C)N(CC[C@@H]1CCCC[NH+]1C)C1Cc2ccccc2C1. The fourth-order valence-corrected chi connectivity index (χ4v) is 4.36. The summed E-state index contributed by atoms with van der Waals surface area (Å²) in [5, 5.41) is 0. The zero-order valence-corrected chi connectivity index (χ0v) is 14.6. The molecule has 1 aromatic carbocycles. The normalized spacial score (nSPS) is 24.2. The molecule has 0 radical (unpaired) electrons. The van der Waals surface area contributed by atoms with Gasteiger partial charge < -0.3 is 9.80 Å². The number of hydrogen-bond acceptors (Lipinski definition) is 1. The third-order valence-electron chi connectivity index (χ3n) is 5.86. The van der Waals surface area contributed by atoms with Crippen LogP contribution in [-0.2, 0) is 12.8 Å². The Balaban J connectivity index is 1.65. The van der Waals surface area contributed by atoms with Crippen LogP contribution in [0.2, 0.25) is 0 Å². The molecule has 0 amide bonds. The van der Waals surface area contributed by atoms with Crippen molar-refractivity contribution in [3.63, 3.8) is 0 Å². The van der Waals surface area contributed by atoms with E-state index < -0.39 is 0 Å². The second-order valence-corrected chi connectivity index (χ2v) is 7.30. The number of hydrogen-bond donors (Lipinski definition) is 1. The third kappa shape index (κ3) is 3.69. The van der Waals surface area contributed by atoms with Gasteiger partial charge in [0.1, 0.15) is 0 Å². The van der Waals surface area contributed by atoms with E-state index in [4.69, 9.17) is 0 Å². The Morgan fingerprint density at radius 3 is 2.57 bits per heavy atom. The molecule has 1 fully saturated rings. The lowest BCUT2D eigenvalue weighted by atomic mass is 9.99. The van der Waals surface area contributed by atoms with Crippen LogP contribution in [0.3, 0.4) is 0 Å². The van der Waals surface area contributed by atoms with Crippen molar-refractivity contribution in [3.05, 3.63) is 60.3 Å². The van der Waals surface area contributed by atoms with E-state index >= 15 is 0 Å². The Labute approximate surface area is 141 Å². The molecule has 1 heterocycles. The zero-order chi connectivity index (χ0) is 16.2. The monoisotopic (exact) mass is 311 g/mol. The molecular formula is C21H31N2+. The number of fused-ring (bicyclic) bond motifs is 1. The van der Waals surface area contributed by atoms with Crippen LogP contribution in [0.4, 0.5) is 0 Å². The maximum Gasteiger partial charge on any atom is 0.0889 e. The van der Waals surface area contributed by atoms with Gasteiger partial charge in [-0.2, -0.15) is 0 Å². The first-order chi connectivity index (χ1) is 11.2. The second kappa shape index (κ2) is 7.35. The van der Waals surface area contributed by atoms with E-state index in [9.17, 15) is 0 Å². The Morgan fingerprint density at radius 2 is 1.96 bits per heavy atom. The van der Waals surface area contributed by atoms with Gasteiger partial charge in [0.15, 0.2) is 0 Å². The van der Waals surface area contributed by atoms with E-state index in [1.54, 1.807) is 4.90 Å². The van der Waals surface area contributed by atoms with E-state index in [-0.39, 0.29) is 0 Å². The molecule has 1 aliphatic heterocycles. The average molecular weight is 311 g/mol. The lowest BCUT2D eigenvalue weighted by Gasteiger charge is -2.35. The van der Waals surface area contributed by atoms with Gasteiger partial charge >= 0.3 is 0 Å². The highest BCUT2D eigenvalue weighted by molar-refractivity contribution is 5.34. The van der Waals surface area contributed by atoms with E-state index in [0.717, 1.165) is 31.1 Å². The number of piperidine rings is 1. The number of quaternary nitrogens is 1. The average Bonchev–Trinajstić information content (AvgIpc) is 3.00. The fraction of sp³-hybridized carbons (Fsp3) is 0.524. The largest absolute Gasteiger partial charge is 0.368 e. The summed E-state index contributed by atoms with van der Waals surface area (Å²) in [6.07, 6.45) is 9.67. The smallest absolute Gasteiger partial charge is 0.0889 e. The number of rotatable bonds is 6. The van der Waals surface area contributed by atoms with Gasteiger partial charge in [-0.15, -0.1) is 0 Å². The summed E-state index contributed by atoms with van der Waals surface area (Å²) in [6, 6.07) is 10.3. The first kappa shape index (κ1) is 16.3. The predicted octanol–water partition coefficient (Wildman–Crippen LogP) is 2.61. The van der Waals surface area contributed by atoms with Crippen molar-refractivity contribution in [2.75, 3.05) is 20.1 Å².